The number of likely N-dealkylation sites (tertiary alicyclic amines) is 1. The number of piperidine rings is 1. The molecule has 1 aliphatic heterocycles. The van der Waals surface area contributed by atoms with Crippen molar-refractivity contribution in [3.05, 3.63) is 29.8 Å². The van der Waals surface area contributed by atoms with Gasteiger partial charge in [-0.2, -0.15) is 0 Å². The monoisotopic (exact) mass is 365 g/mol. The molecule has 8 heteroatoms. The number of carbonyl (C=O) groups is 1. The number of nitrogens with one attached hydrogen (secondary N) is 1. The van der Waals surface area contributed by atoms with Gasteiger partial charge < -0.3 is 9.74 Å². The molecule has 0 unspecified atom stereocenters. The molecule has 0 radical (unpaired) electrons. The minimum Gasteiger partial charge on any atom is -0.399 e. The molecular weight excluding hydrogens is 342 g/mol. The minimum atomic E-state index is -3.38. The van der Waals surface area contributed by atoms with Crippen LogP contribution in [0.4, 0.5) is 5.69 Å². The molecule has 1 spiro atoms. The van der Waals surface area contributed by atoms with Gasteiger partial charge in [0.2, 0.25) is 10.0 Å². The summed E-state index contributed by atoms with van der Waals surface area (Å²) >= 11 is 0. The molecule has 1 amide bonds. The molecule has 136 valence electrons. The normalized spacial score (nSPS) is 21.3. The summed E-state index contributed by atoms with van der Waals surface area (Å²) in [5, 5.41) is 4.03. The van der Waals surface area contributed by atoms with E-state index >= 15 is 0 Å². The number of hydrogen-bond donors (Lipinski definition) is 1. The molecule has 0 bridgehead atoms. The first-order chi connectivity index (χ1) is 11.8. The highest BCUT2D eigenvalue weighted by atomic mass is 32.2. The summed E-state index contributed by atoms with van der Waals surface area (Å²) in [7, 11) is -1.93. The molecule has 1 aliphatic carbocycles. The third kappa shape index (κ3) is 3.63. The molecule has 2 aliphatic rings. The third-order valence-electron chi connectivity index (χ3n) is 5.02. The van der Waals surface area contributed by atoms with Gasteiger partial charge >= 0.3 is 0 Å². The van der Waals surface area contributed by atoms with Crippen molar-refractivity contribution >= 4 is 27.3 Å². The summed E-state index contributed by atoms with van der Waals surface area (Å²) < 4.78 is 25.6. The standard InChI is InChI=1S/C17H23N3O4S/c1-24-18-15-16(21)20(11-10-17(15)8-5-9-17)12-13-6-3-4-7-14(13)19-25(2,22)23/h3-4,6-7,19H,5,8-12H2,1-2H3/b18-15+. The van der Waals surface area contributed by atoms with Gasteiger partial charge in [-0.3, -0.25) is 9.52 Å². The van der Waals surface area contributed by atoms with Crippen molar-refractivity contribution in [2.45, 2.75) is 32.2 Å². The Morgan fingerprint density at radius 3 is 2.60 bits per heavy atom. The van der Waals surface area contributed by atoms with Gasteiger partial charge in [0.15, 0.2) is 5.71 Å². The lowest BCUT2D eigenvalue weighted by Gasteiger charge is -2.47. The highest BCUT2D eigenvalue weighted by Crippen LogP contribution is 2.48. The molecule has 1 N–H and O–H groups in total. The number of sulfonamides is 1. The predicted molar refractivity (Wildman–Crippen MR) is 95.7 cm³/mol. The van der Waals surface area contributed by atoms with Gasteiger partial charge in [-0.15, -0.1) is 0 Å². The molecule has 25 heavy (non-hydrogen) atoms. The first-order valence-electron chi connectivity index (χ1n) is 8.31. The first kappa shape index (κ1) is 17.7. The summed E-state index contributed by atoms with van der Waals surface area (Å²) in [6.07, 6.45) is 5.03. The van der Waals surface area contributed by atoms with Crippen molar-refractivity contribution in [1.82, 2.24) is 4.90 Å². The van der Waals surface area contributed by atoms with E-state index in [2.05, 4.69) is 9.88 Å². The Bertz CT molecular complexity index is 800. The number of oxime groups is 1. The number of carbonyl (C=O) groups excluding carboxylic acids is 1. The van der Waals surface area contributed by atoms with Crippen LogP contribution in [-0.4, -0.2) is 44.8 Å². The fourth-order valence-corrected chi connectivity index (χ4v) is 4.18. The van der Waals surface area contributed by atoms with Gasteiger partial charge in [0, 0.05) is 18.5 Å². The molecule has 7 nitrogen and oxygen atoms in total. The van der Waals surface area contributed by atoms with Crippen LogP contribution in [-0.2, 0) is 26.2 Å². The van der Waals surface area contributed by atoms with E-state index in [0.717, 1.165) is 37.5 Å². The Kier molecular flexibility index (Phi) is 4.73. The van der Waals surface area contributed by atoms with E-state index in [1.807, 2.05) is 12.1 Å². The highest BCUT2D eigenvalue weighted by molar-refractivity contribution is 7.92. The molecule has 1 aromatic carbocycles. The Hall–Kier alpha value is -2.09. The number of rotatable bonds is 5. The zero-order valence-electron chi connectivity index (χ0n) is 14.5. The lowest BCUT2D eigenvalue weighted by molar-refractivity contribution is -0.128. The molecule has 0 atom stereocenters. The summed E-state index contributed by atoms with van der Waals surface area (Å²) in [4.78, 5) is 19.5. The lowest BCUT2D eigenvalue weighted by atomic mass is 9.62. The number of amides is 1. The summed E-state index contributed by atoms with van der Waals surface area (Å²) in [5.41, 5.74) is 1.62. The second-order valence-corrected chi connectivity index (χ2v) is 8.51. The minimum absolute atomic E-state index is 0.123. The Morgan fingerprint density at radius 2 is 2.00 bits per heavy atom. The van der Waals surface area contributed by atoms with Crippen LogP contribution in [0.1, 0.15) is 31.2 Å². The van der Waals surface area contributed by atoms with Crippen LogP contribution < -0.4 is 4.72 Å². The number of hydrogen-bond acceptors (Lipinski definition) is 5. The van der Waals surface area contributed by atoms with Gasteiger partial charge in [-0.1, -0.05) is 29.8 Å². The quantitative estimate of drug-likeness (QED) is 0.808. The van der Waals surface area contributed by atoms with Crippen LogP contribution in [0, 0.1) is 5.41 Å². The summed E-state index contributed by atoms with van der Waals surface area (Å²) in [6, 6.07) is 7.11. The van der Waals surface area contributed by atoms with Crippen molar-refractivity contribution in [3.63, 3.8) is 0 Å². The van der Waals surface area contributed by atoms with Crippen LogP contribution >= 0.6 is 0 Å². The van der Waals surface area contributed by atoms with Crippen molar-refractivity contribution in [3.8, 4) is 0 Å². The molecule has 2 fully saturated rings. The van der Waals surface area contributed by atoms with Crippen molar-refractivity contribution in [2.24, 2.45) is 10.6 Å². The maximum absolute atomic E-state index is 12.9. The predicted octanol–water partition coefficient (Wildman–Crippen LogP) is 1.96. The molecule has 3 rings (SSSR count). The van der Waals surface area contributed by atoms with Crippen LogP contribution in [0.5, 0.6) is 0 Å². The average molecular weight is 365 g/mol. The molecule has 1 saturated carbocycles. The van der Waals surface area contributed by atoms with Gasteiger partial charge in [0.25, 0.3) is 5.91 Å². The Labute approximate surface area is 148 Å². The first-order valence-corrected chi connectivity index (χ1v) is 10.2. The van der Waals surface area contributed by atoms with E-state index < -0.39 is 10.0 Å². The topological polar surface area (TPSA) is 88.1 Å². The van der Waals surface area contributed by atoms with Crippen LogP contribution in [0.2, 0.25) is 0 Å². The molecule has 1 heterocycles. The lowest BCUT2D eigenvalue weighted by Crippen LogP contribution is -2.54. The fraction of sp³-hybridized carbons (Fsp3) is 0.529. The van der Waals surface area contributed by atoms with Gasteiger partial charge in [0.05, 0.1) is 11.9 Å². The van der Waals surface area contributed by atoms with Crippen LogP contribution in [0.3, 0.4) is 0 Å². The highest BCUT2D eigenvalue weighted by Gasteiger charge is 2.49. The van der Waals surface area contributed by atoms with E-state index in [9.17, 15) is 13.2 Å². The zero-order valence-corrected chi connectivity index (χ0v) is 15.3. The van der Waals surface area contributed by atoms with Gasteiger partial charge in [0.1, 0.15) is 7.11 Å². The van der Waals surface area contributed by atoms with Crippen molar-refractivity contribution in [1.29, 1.82) is 0 Å². The Morgan fingerprint density at radius 1 is 1.28 bits per heavy atom. The summed E-state index contributed by atoms with van der Waals surface area (Å²) in [6.45, 7) is 0.963. The van der Waals surface area contributed by atoms with E-state index in [-0.39, 0.29) is 11.3 Å². The second kappa shape index (κ2) is 6.67. The van der Waals surface area contributed by atoms with E-state index in [0.29, 0.717) is 24.5 Å². The maximum atomic E-state index is 12.9. The average Bonchev–Trinajstić information content (AvgIpc) is 2.50. The van der Waals surface area contributed by atoms with Crippen molar-refractivity contribution < 1.29 is 18.0 Å². The van der Waals surface area contributed by atoms with Gasteiger partial charge in [-0.25, -0.2) is 8.42 Å². The third-order valence-corrected chi connectivity index (χ3v) is 5.61. The fourth-order valence-electron chi connectivity index (χ4n) is 3.58. The van der Waals surface area contributed by atoms with Crippen LogP contribution in [0.25, 0.3) is 0 Å². The second-order valence-electron chi connectivity index (χ2n) is 6.76. The number of para-hydroxylation sites is 1. The van der Waals surface area contributed by atoms with E-state index in [1.165, 1.54) is 7.11 Å². The molecular formula is C17H23N3O4S. The maximum Gasteiger partial charge on any atom is 0.272 e. The zero-order chi connectivity index (χ0) is 18.1. The SMILES string of the molecule is CO/N=C1\C(=O)N(Cc2ccccc2NS(C)(=O)=O)CCC12CCC2. The van der Waals surface area contributed by atoms with E-state index in [1.54, 1.807) is 17.0 Å². The van der Waals surface area contributed by atoms with Gasteiger partial charge in [-0.05, 0) is 30.9 Å². The van der Waals surface area contributed by atoms with Crippen molar-refractivity contribution in [2.75, 3.05) is 24.6 Å². The van der Waals surface area contributed by atoms with E-state index in [4.69, 9.17) is 4.84 Å². The number of benzene rings is 1. The Balaban J connectivity index is 1.82. The molecule has 1 saturated heterocycles. The summed E-state index contributed by atoms with van der Waals surface area (Å²) in [5.74, 6) is -0.123. The number of anilines is 1. The van der Waals surface area contributed by atoms with Crippen LogP contribution in [0.15, 0.2) is 29.4 Å². The number of nitrogens with zero attached hydrogens (tertiary/aromatic N) is 2. The molecule has 0 aromatic heterocycles. The molecule has 1 aromatic rings. The smallest absolute Gasteiger partial charge is 0.272 e. The largest absolute Gasteiger partial charge is 0.399 e.